The molecule has 2 aliphatic rings. The molecular weight excluding hydrogens is 490 g/mol. The molecule has 1 fully saturated rings. The van der Waals surface area contributed by atoms with Gasteiger partial charge in [-0.05, 0) is 61.1 Å². The molecule has 2 aromatic rings. The molecule has 37 heavy (non-hydrogen) atoms. The second-order valence-electron chi connectivity index (χ2n) is 9.90. The van der Waals surface area contributed by atoms with Crippen molar-refractivity contribution >= 4 is 28.7 Å². The zero-order valence-corrected chi connectivity index (χ0v) is 22.3. The molecule has 2 aliphatic heterocycles. The van der Waals surface area contributed by atoms with Gasteiger partial charge in [0.2, 0.25) is 5.91 Å². The van der Waals surface area contributed by atoms with Crippen LogP contribution in [0, 0.1) is 0 Å². The number of amides is 2. The van der Waals surface area contributed by atoms with E-state index in [-0.39, 0.29) is 29.1 Å². The molecule has 7 nitrogen and oxygen atoms in total. The topological polar surface area (TPSA) is 102 Å². The fourth-order valence-corrected chi connectivity index (χ4v) is 5.87. The van der Waals surface area contributed by atoms with Crippen LogP contribution in [0.3, 0.4) is 0 Å². The molecule has 2 amide bonds. The number of hydrogen-bond donors (Lipinski definition) is 2. The summed E-state index contributed by atoms with van der Waals surface area (Å²) in [6.07, 6.45) is 6.81. The summed E-state index contributed by atoms with van der Waals surface area (Å²) in [5.41, 5.74) is 1.58. The largest absolute Gasteiger partial charge is 0.508 e. The Morgan fingerprint density at radius 1 is 1.08 bits per heavy atom. The highest BCUT2D eigenvalue weighted by molar-refractivity contribution is 8.15. The molecule has 0 spiro atoms. The van der Waals surface area contributed by atoms with E-state index in [0.717, 1.165) is 61.4 Å². The van der Waals surface area contributed by atoms with Crippen LogP contribution in [0.1, 0.15) is 80.3 Å². The van der Waals surface area contributed by atoms with Crippen LogP contribution >= 0.6 is 11.8 Å². The van der Waals surface area contributed by atoms with E-state index in [2.05, 4.69) is 19.2 Å². The van der Waals surface area contributed by atoms with Crippen LogP contribution in [0.5, 0.6) is 17.2 Å². The summed E-state index contributed by atoms with van der Waals surface area (Å²) in [6.45, 7) is 4.61. The lowest BCUT2D eigenvalue weighted by Crippen LogP contribution is -2.43. The Balaban J connectivity index is 1.39. The lowest BCUT2D eigenvalue weighted by atomic mass is 9.83. The number of unbranched alkanes of at least 4 members (excludes halogenated alkanes) is 2. The quantitative estimate of drug-likeness (QED) is 0.328. The minimum Gasteiger partial charge on any atom is -0.508 e. The Labute approximate surface area is 222 Å². The minimum absolute atomic E-state index is 0.0123. The predicted molar refractivity (Wildman–Crippen MR) is 144 cm³/mol. The van der Waals surface area contributed by atoms with Crippen LogP contribution in [-0.2, 0) is 17.6 Å². The number of rotatable bonds is 12. The van der Waals surface area contributed by atoms with Gasteiger partial charge in [0, 0.05) is 6.42 Å². The molecule has 4 rings (SSSR count). The lowest BCUT2D eigenvalue weighted by Gasteiger charge is -2.38. The van der Waals surface area contributed by atoms with Gasteiger partial charge in [-0.25, -0.2) is 0 Å². The molecule has 8 heteroatoms. The molecule has 2 aromatic carbocycles. The molecule has 0 radical (unpaired) electrons. The monoisotopic (exact) mass is 525 g/mol. The fourth-order valence-electron chi connectivity index (χ4n) is 5.01. The van der Waals surface area contributed by atoms with Crippen molar-refractivity contribution in [3.63, 3.8) is 0 Å². The summed E-state index contributed by atoms with van der Waals surface area (Å²) >= 11 is 1.02. The molecule has 0 bridgehead atoms. The van der Waals surface area contributed by atoms with Crippen LogP contribution < -0.4 is 14.8 Å². The minimum atomic E-state index is -0.643. The van der Waals surface area contributed by atoms with Gasteiger partial charge in [-0.3, -0.25) is 19.7 Å². The van der Waals surface area contributed by atoms with Crippen molar-refractivity contribution in [3.05, 3.63) is 53.1 Å². The standard InChI is InChI=1S/C29H35NO6S/c1-3-5-6-7-20-16-25-22(17-23(20)31)24(32)18-29(36-25,12-4-2)13-14-35-21-10-8-19(9-11-21)15-26-27(33)30-28(34)37-26/h8-11,16-17,26,31H,3-7,12-15,18H2,1-2H3,(H,30,33,34). The molecule has 0 aliphatic carbocycles. The molecule has 2 N–H and O–H groups in total. The molecule has 2 heterocycles. The van der Waals surface area contributed by atoms with Crippen LogP contribution in [0.4, 0.5) is 4.79 Å². The van der Waals surface area contributed by atoms with E-state index in [1.165, 1.54) is 0 Å². The van der Waals surface area contributed by atoms with E-state index in [1.807, 2.05) is 30.3 Å². The summed E-state index contributed by atoms with van der Waals surface area (Å²) in [4.78, 5) is 36.2. The van der Waals surface area contributed by atoms with Crippen molar-refractivity contribution in [1.82, 2.24) is 5.32 Å². The third-order valence-electron chi connectivity index (χ3n) is 6.98. The van der Waals surface area contributed by atoms with Crippen molar-refractivity contribution in [2.45, 2.75) is 82.5 Å². The molecular formula is C29H35NO6S. The predicted octanol–water partition coefficient (Wildman–Crippen LogP) is 5.99. The summed E-state index contributed by atoms with van der Waals surface area (Å²) in [5.74, 6) is 1.16. The van der Waals surface area contributed by atoms with Crippen molar-refractivity contribution in [3.8, 4) is 17.2 Å². The van der Waals surface area contributed by atoms with Crippen LogP contribution in [-0.4, -0.2) is 39.5 Å². The average molecular weight is 526 g/mol. The zero-order valence-electron chi connectivity index (χ0n) is 21.5. The Hall–Kier alpha value is -3.00. The third-order valence-corrected chi connectivity index (χ3v) is 7.96. The van der Waals surface area contributed by atoms with Crippen molar-refractivity contribution in [2.75, 3.05) is 6.61 Å². The van der Waals surface area contributed by atoms with E-state index in [1.54, 1.807) is 6.07 Å². The number of fused-ring (bicyclic) bond motifs is 1. The second-order valence-corrected chi connectivity index (χ2v) is 11.1. The number of phenols is 1. The van der Waals surface area contributed by atoms with Gasteiger partial charge in [-0.1, -0.05) is 57.0 Å². The Morgan fingerprint density at radius 2 is 1.86 bits per heavy atom. The molecule has 2 unspecified atom stereocenters. The van der Waals surface area contributed by atoms with Crippen molar-refractivity contribution in [2.24, 2.45) is 0 Å². The number of aryl methyl sites for hydroxylation is 1. The number of Topliss-reactive ketones (excluding diaryl/α,β-unsaturated/α-hetero) is 1. The number of thioether (sulfide) groups is 1. The van der Waals surface area contributed by atoms with Crippen molar-refractivity contribution < 1.29 is 29.0 Å². The van der Waals surface area contributed by atoms with Gasteiger partial charge in [-0.15, -0.1) is 0 Å². The maximum Gasteiger partial charge on any atom is 0.286 e. The second kappa shape index (κ2) is 12.0. The first-order valence-corrected chi connectivity index (χ1v) is 14.0. The number of imide groups is 1. The van der Waals surface area contributed by atoms with Crippen LogP contribution in [0.25, 0.3) is 0 Å². The van der Waals surface area contributed by atoms with Gasteiger partial charge in [0.25, 0.3) is 5.24 Å². The number of nitrogens with one attached hydrogen (secondary N) is 1. The SMILES string of the molecule is CCCCCc1cc2c(cc1O)C(=O)CC(CCC)(CCOc1ccc(CC3SC(=O)NC3=O)cc1)O2. The first-order valence-electron chi connectivity index (χ1n) is 13.1. The highest BCUT2D eigenvalue weighted by atomic mass is 32.2. The first-order chi connectivity index (χ1) is 17.8. The average Bonchev–Trinajstić information content (AvgIpc) is 3.18. The number of ketones is 1. The summed E-state index contributed by atoms with van der Waals surface area (Å²) in [5, 5.41) is 12.1. The van der Waals surface area contributed by atoms with E-state index in [4.69, 9.17) is 9.47 Å². The molecule has 0 saturated carbocycles. The number of carbonyl (C=O) groups is 3. The summed E-state index contributed by atoms with van der Waals surface area (Å²) < 4.78 is 12.5. The van der Waals surface area contributed by atoms with Gasteiger partial charge in [0.15, 0.2) is 5.78 Å². The van der Waals surface area contributed by atoms with Gasteiger partial charge in [0.1, 0.15) is 22.8 Å². The summed E-state index contributed by atoms with van der Waals surface area (Å²) in [7, 11) is 0. The lowest BCUT2D eigenvalue weighted by molar-refractivity contribution is -0.118. The molecule has 1 saturated heterocycles. The first kappa shape index (κ1) is 27.0. The smallest absolute Gasteiger partial charge is 0.286 e. The maximum absolute atomic E-state index is 13.1. The van der Waals surface area contributed by atoms with Crippen LogP contribution in [0.15, 0.2) is 36.4 Å². The van der Waals surface area contributed by atoms with E-state index >= 15 is 0 Å². The molecule has 198 valence electrons. The highest BCUT2D eigenvalue weighted by Crippen LogP contribution is 2.41. The van der Waals surface area contributed by atoms with Gasteiger partial charge < -0.3 is 14.6 Å². The third kappa shape index (κ3) is 6.66. The number of benzene rings is 2. The maximum atomic E-state index is 13.1. The van der Waals surface area contributed by atoms with Gasteiger partial charge in [-0.2, -0.15) is 0 Å². The zero-order chi connectivity index (χ0) is 26.4. The Bertz CT molecular complexity index is 1150. The van der Waals surface area contributed by atoms with Gasteiger partial charge >= 0.3 is 0 Å². The van der Waals surface area contributed by atoms with E-state index in [0.29, 0.717) is 36.5 Å². The highest BCUT2D eigenvalue weighted by Gasteiger charge is 2.40. The van der Waals surface area contributed by atoms with E-state index in [9.17, 15) is 19.5 Å². The number of hydrogen-bond acceptors (Lipinski definition) is 7. The Morgan fingerprint density at radius 3 is 2.54 bits per heavy atom. The number of carbonyl (C=O) groups excluding carboxylic acids is 3. The number of phenolic OH excluding ortho intramolecular Hbond substituents is 1. The van der Waals surface area contributed by atoms with E-state index < -0.39 is 10.9 Å². The normalized spacial score (nSPS) is 20.9. The number of ether oxygens (including phenoxy) is 2. The van der Waals surface area contributed by atoms with Crippen LogP contribution in [0.2, 0.25) is 0 Å². The summed E-state index contributed by atoms with van der Waals surface area (Å²) in [6, 6.07) is 10.9. The molecule has 2 atom stereocenters. The van der Waals surface area contributed by atoms with Gasteiger partial charge in [0.05, 0.1) is 23.8 Å². The molecule has 0 aromatic heterocycles. The van der Waals surface area contributed by atoms with Crippen molar-refractivity contribution in [1.29, 1.82) is 0 Å². The number of aromatic hydroxyl groups is 1. The Kier molecular flexibility index (Phi) is 8.79. The fraction of sp³-hybridized carbons (Fsp3) is 0.483.